The molecular formula is C12H17N3O2S2. The van der Waals surface area contributed by atoms with Crippen LogP contribution in [0, 0.1) is 4.77 Å². The second kappa shape index (κ2) is 7.54. The lowest BCUT2D eigenvalue weighted by Crippen LogP contribution is -2.07. The molecule has 2 aromatic heterocycles. The first kappa shape index (κ1) is 14.4. The van der Waals surface area contributed by atoms with Crippen LogP contribution in [0.25, 0.3) is 10.7 Å². The molecule has 104 valence electrons. The molecule has 0 aliphatic heterocycles. The molecule has 0 fully saturated rings. The zero-order valence-electron chi connectivity index (χ0n) is 10.8. The van der Waals surface area contributed by atoms with Crippen LogP contribution in [0.15, 0.2) is 17.5 Å². The fourth-order valence-corrected chi connectivity index (χ4v) is 2.63. The van der Waals surface area contributed by atoms with Crippen molar-refractivity contribution in [3.8, 4) is 10.7 Å². The Balaban J connectivity index is 1.90. The highest BCUT2D eigenvalue weighted by Crippen LogP contribution is 2.22. The molecule has 0 spiro atoms. The van der Waals surface area contributed by atoms with Crippen LogP contribution in [0.1, 0.15) is 6.42 Å². The van der Waals surface area contributed by atoms with E-state index in [-0.39, 0.29) is 0 Å². The molecule has 2 aromatic rings. The Morgan fingerprint density at radius 2 is 2.32 bits per heavy atom. The molecule has 2 heterocycles. The fourth-order valence-electron chi connectivity index (χ4n) is 1.69. The molecule has 5 nitrogen and oxygen atoms in total. The van der Waals surface area contributed by atoms with Crippen LogP contribution in [0.2, 0.25) is 0 Å². The van der Waals surface area contributed by atoms with Crippen molar-refractivity contribution in [1.29, 1.82) is 0 Å². The molecule has 0 saturated heterocycles. The average Bonchev–Trinajstić information content (AvgIpc) is 3.04. The lowest BCUT2D eigenvalue weighted by Gasteiger charge is -2.06. The lowest BCUT2D eigenvalue weighted by molar-refractivity contribution is 0.0680. The smallest absolute Gasteiger partial charge is 0.195 e. The number of nitrogens with zero attached hydrogens (tertiary/aromatic N) is 2. The van der Waals surface area contributed by atoms with E-state index in [0.29, 0.717) is 24.6 Å². The Bertz CT molecular complexity index is 533. The first-order chi connectivity index (χ1) is 9.33. The molecule has 0 atom stereocenters. The summed E-state index contributed by atoms with van der Waals surface area (Å²) in [6.45, 7) is 2.76. The minimum Gasteiger partial charge on any atom is -0.382 e. The number of methoxy groups -OCH3 is 1. The number of nitrogens with one attached hydrogen (secondary N) is 1. The van der Waals surface area contributed by atoms with Crippen molar-refractivity contribution in [3.05, 3.63) is 22.3 Å². The standard InChI is InChI=1S/C12H17N3O2S2/c1-16-7-8-17-6-3-5-15-11(13-14-12(15)18)10-4-2-9-19-10/h2,4,9H,3,5-8H2,1H3,(H,14,18). The van der Waals surface area contributed by atoms with Gasteiger partial charge in [0.1, 0.15) is 0 Å². The number of aromatic nitrogens is 3. The van der Waals surface area contributed by atoms with E-state index in [1.54, 1.807) is 18.4 Å². The van der Waals surface area contributed by atoms with Gasteiger partial charge in [-0.15, -0.1) is 11.3 Å². The minimum absolute atomic E-state index is 0.630. The van der Waals surface area contributed by atoms with E-state index in [0.717, 1.165) is 23.7 Å². The van der Waals surface area contributed by atoms with Crippen molar-refractivity contribution in [2.45, 2.75) is 13.0 Å². The van der Waals surface area contributed by atoms with Gasteiger partial charge >= 0.3 is 0 Å². The lowest BCUT2D eigenvalue weighted by atomic mass is 10.4. The van der Waals surface area contributed by atoms with Gasteiger partial charge in [-0.1, -0.05) is 6.07 Å². The van der Waals surface area contributed by atoms with Gasteiger partial charge in [0.25, 0.3) is 0 Å². The van der Waals surface area contributed by atoms with Crippen LogP contribution in [0.5, 0.6) is 0 Å². The number of hydrogen-bond acceptors (Lipinski definition) is 5. The van der Waals surface area contributed by atoms with Gasteiger partial charge in [0.05, 0.1) is 18.1 Å². The van der Waals surface area contributed by atoms with Crippen molar-refractivity contribution in [2.75, 3.05) is 26.9 Å². The summed E-state index contributed by atoms with van der Waals surface area (Å²) in [6, 6.07) is 4.05. The summed E-state index contributed by atoms with van der Waals surface area (Å²) in [4.78, 5) is 1.12. The van der Waals surface area contributed by atoms with E-state index in [1.807, 2.05) is 22.1 Å². The third-order valence-corrected chi connectivity index (χ3v) is 3.78. The summed E-state index contributed by atoms with van der Waals surface area (Å²) in [7, 11) is 1.67. The SMILES string of the molecule is COCCOCCCn1c(-c2cccs2)n[nH]c1=S. The number of aromatic amines is 1. The highest BCUT2D eigenvalue weighted by molar-refractivity contribution is 7.71. The Kier molecular flexibility index (Phi) is 5.71. The highest BCUT2D eigenvalue weighted by atomic mass is 32.1. The van der Waals surface area contributed by atoms with Crippen molar-refractivity contribution in [1.82, 2.24) is 14.8 Å². The molecule has 0 bridgehead atoms. The van der Waals surface area contributed by atoms with Crippen LogP contribution in [0.4, 0.5) is 0 Å². The maximum Gasteiger partial charge on any atom is 0.195 e. The van der Waals surface area contributed by atoms with Gasteiger partial charge in [0.15, 0.2) is 10.6 Å². The number of ether oxygens (including phenoxy) is 2. The maximum absolute atomic E-state index is 5.44. The highest BCUT2D eigenvalue weighted by Gasteiger charge is 2.09. The summed E-state index contributed by atoms with van der Waals surface area (Å²) >= 11 is 6.91. The molecule has 0 aliphatic carbocycles. The maximum atomic E-state index is 5.44. The second-order valence-electron chi connectivity index (χ2n) is 3.94. The van der Waals surface area contributed by atoms with E-state index < -0.39 is 0 Å². The third kappa shape index (κ3) is 3.97. The number of hydrogen-bond donors (Lipinski definition) is 1. The van der Waals surface area contributed by atoms with E-state index in [2.05, 4.69) is 10.2 Å². The molecule has 1 N–H and O–H groups in total. The summed E-state index contributed by atoms with van der Waals surface area (Å²) in [5.41, 5.74) is 0. The van der Waals surface area contributed by atoms with Gasteiger partial charge in [-0.25, -0.2) is 0 Å². The Hall–Kier alpha value is -1.02. The minimum atomic E-state index is 0.630. The predicted octanol–water partition coefficient (Wildman–Crippen LogP) is 2.72. The molecule has 0 radical (unpaired) electrons. The topological polar surface area (TPSA) is 52.1 Å². The Labute approximate surface area is 121 Å². The third-order valence-electron chi connectivity index (χ3n) is 2.60. The number of thiophene rings is 1. The van der Waals surface area contributed by atoms with Crippen molar-refractivity contribution < 1.29 is 9.47 Å². The summed E-state index contributed by atoms with van der Waals surface area (Å²) in [5.74, 6) is 0.900. The molecular weight excluding hydrogens is 282 g/mol. The van der Waals surface area contributed by atoms with Crippen LogP contribution in [-0.2, 0) is 16.0 Å². The first-order valence-corrected chi connectivity index (χ1v) is 7.37. The van der Waals surface area contributed by atoms with Crippen LogP contribution in [0.3, 0.4) is 0 Å². The zero-order valence-corrected chi connectivity index (χ0v) is 12.4. The Morgan fingerprint density at radius 1 is 1.42 bits per heavy atom. The Morgan fingerprint density at radius 3 is 3.05 bits per heavy atom. The van der Waals surface area contributed by atoms with Gasteiger partial charge in [0, 0.05) is 20.3 Å². The van der Waals surface area contributed by atoms with Crippen LogP contribution >= 0.6 is 23.6 Å². The van der Waals surface area contributed by atoms with Gasteiger partial charge in [0.2, 0.25) is 0 Å². The summed E-state index contributed by atoms with van der Waals surface area (Å²) in [5, 5.41) is 9.16. The average molecular weight is 299 g/mol. The van der Waals surface area contributed by atoms with Gasteiger partial charge < -0.3 is 9.47 Å². The first-order valence-electron chi connectivity index (χ1n) is 6.08. The number of rotatable bonds is 8. The van der Waals surface area contributed by atoms with E-state index >= 15 is 0 Å². The molecule has 19 heavy (non-hydrogen) atoms. The quantitative estimate of drug-likeness (QED) is 0.601. The second-order valence-corrected chi connectivity index (χ2v) is 5.27. The molecule has 0 aromatic carbocycles. The van der Waals surface area contributed by atoms with Crippen LogP contribution < -0.4 is 0 Å². The molecule has 7 heteroatoms. The monoisotopic (exact) mass is 299 g/mol. The molecule has 0 unspecified atom stereocenters. The normalized spacial score (nSPS) is 11.0. The van der Waals surface area contributed by atoms with Gasteiger partial charge in [-0.2, -0.15) is 5.10 Å². The van der Waals surface area contributed by atoms with Crippen molar-refractivity contribution in [3.63, 3.8) is 0 Å². The molecule has 0 amide bonds. The predicted molar refractivity (Wildman–Crippen MR) is 78.0 cm³/mol. The van der Waals surface area contributed by atoms with Crippen LogP contribution in [-0.4, -0.2) is 41.7 Å². The molecule has 0 aliphatic rings. The van der Waals surface area contributed by atoms with E-state index in [9.17, 15) is 0 Å². The fraction of sp³-hybridized carbons (Fsp3) is 0.500. The summed E-state index contributed by atoms with van der Waals surface area (Å²) < 4.78 is 13.0. The molecule has 2 rings (SSSR count). The number of H-pyrrole nitrogens is 1. The summed E-state index contributed by atoms with van der Waals surface area (Å²) in [6.07, 6.45) is 0.899. The van der Waals surface area contributed by atoms with Gasteiger partial charge in [-0.3, -0.25) is 9.67 Å². The van der Waals surface area contributed by atoms with Gasteiger partial charge in [-0.05, 0) is 30.1 Å². The van der Waals surface area contributed by atoms with E-state index in [4.69, 9.17) is 21.7 Å². The molecule has 0 saturated carbocycles. The zero-order chi connectivity index (χ0) is 13.5. The van der Waals surface area contributed by atoms with Crippen molar-refractivity contribution in [2.24, 2.45) is 0 Å². The van der Waals surface area contributed by atoms with Crippen molar-refractivity contribution >= 4 is 23.6 Å². The largest absolute Gasteiger partial charge is 0.382 e. The van der Waals surface area contributed by atoms with E-state index in [1.165, 1.54) is 0 Å².